The Labute approximate surface area is 198 Å². The number of methoxy groups -OCH3 is 1. The van der Waals surface area contributed by atoms with Crippen LogP contribution in [0.2, 0.25) is 0 Å². The fraction of sp³-hybridized carbons (Fsp3) is 0.125. The van der Waals surface area contributed by atoms with Crippen LogP contribution in [0, 0.1) is 0 Å². The van der Waals surface area contributed by atoms with Gasteiger partial charge in [0.25, 0.3) is 0 Å². The second kappa shape index (κ2) is 10.5. The predicted molar refractivity (Wildman–Crippen MR) is 124 cm³/mol. The maximum Gasteiger partial charge on any atom is 0.387 e. The number of H-pyrrole nitrogens is 1. The molecule has 3 aromatic carbocycles. The van der Waals surface area contributed by atoms with Crippen LogP contribution < -0.4 is 20.1 Å². The Kier molecular flexibility index (Phi) is 7.05. The van der Waals surface area contributed by atoms with Gasteiger partial charge in [-0.15, -0.1) is 0 Å². The number of alkyl halides is 2. The number of hydrogen-bond acceptors (Lipinski definition) is 6. The average Bonchev–Trinajstić information content (AvgIpc) is 3.24. The number of halogens is 2. The van der Waals surface area contributed by atoms with Crippen molar-refractivity contribution in [2.75, 3.05) is 17.7 Å². The Balaban J connectivity index is 1.45. The summed E-state index contributed by atoms with van der Waals surface area (Å²) in [6, 6.07) is 17.1. The third kappa shape index (κ3) is 5.82. The van der Waals surface area contributed by atoms with Crippen LogP contribution in [0.15, 0.2) is 66.7 Å². The number of aromatic nitrogens is 2. The summed E-state index contributed by atoms with van der Waals surface area (Å²) in [5.41, 5.74) is 1.77. The number of amides is 2. The number of rotatable bonds is 8. The molecule has 0 unspecified atom stereocenters. The largest absolute Gasteiger partial charge is 0.489 e. The highest BCUT2D eigenvalue weighted by Gasteiger charge is 2.13. The zero-order valence-corrected chi connectivity index (χ0v) is 18.4. The normalized spacial score (nSPS) is 10.7. The minimum Gasteiger partial charge on any atom is -0.489 e. The molecule has 0 saturated heterocycles. The van der Waals surface area contributed by atoms with Crippen LogP contribution in [0.4, 0.5) is 25.1 Å². The Bertz CT molecular complexity index is 1360. The van der Waals surface area contributed by atoms with Gasteiger partial charge in [0.1, 0.15) is 18.1 Å². The Morgan fingerprint density at radius 1 is 1.03 bits per heavy atom. The lowest BCUT2D eigenvalue weighted by Gasteiger charge is -2.12. The molecule has 1 heterocycles. The molecule has 0 saturated carbocycles. The van der Waals surface area contributed by atoms with E-state index in [4.69, 9.17) is 4.74 Å². The lowest BCUT2D eigenvalue weighted by Crippen LogP contribution is -2.20. The van der Waals surface area contributed by atoms with Gasteiger partial charge in [-0.05, 0) is 42.5 Å². The first-order valence-electron chi connectivity index (χ1n) is 10.3. The number of aromatic amines is 1. The first kappa shape index (κ1) is 23.5. The maximum atomic E-state index is 12.6. The molecule has 0 aliphatic carbocycles. The topological polar surface area (TPSA) is 115 Å². The summed E-state index contributed by atoms with van der Waals surface area (Å²) >= 11 is 0. The first-order valence-corrected chi connectivity index (χ1v) is 10.3. The van der Waals surface area contributed by atoms with Gasteiger partial charge in [0.05, 0.1) is 18.2 Å². The first-order chi connectivity index (χ1) is 16.9. The maximum absolute atomic E-state index is 12.6. The highest BCUT2D eigenvalue weighted by Crippen LogP contribution is 2.27. The zero-order valence-electron chi connectivity index (χ0n) is 18.4. The molecule has 0 aliphatic rings. The quantitative estimate of drug-likeness (QED) is 0.299. The monoisotopic (exact) mass is 482 g/mol. The number of nitrogens with one attached hydrogen (secondary N) is 3. The SMILES string of the molecule is COC(=O)c1cccc(NC(=O)Nc2n[nH]c3ccc(OCc4ccccc4OC(F)F)cc23)c1. The summed E-state index contributed by atoms with van der Waals surface area (Å²) in [5.74, 6) is 0.180. The lowest BCUT2D eigenvalue weighted by molar-refractivity contribution is -0.0508. The summed E-state index contributed by atoms with van der Waals surface area (Å²) in [6.45, 7) is -2.95. The van der Waals surface area contributed by atoms with Gasteiger partial charge in [0.15, 0.2) is 5.82 Å². The van der Waals surface area contributed by atoms with Gasteiger partial charge in [-0.3, -0.25) is 10.4 Å². The Morgan fingerprint density at radius 3 is 2.66 bits per heavy atom. The average molecular weight is 482 g/mol. The van der Waals surface area contributed by atoms with Crippen LogP contribution in [-0.2, 0) is 11.3 Å². The number of benzene rings is 3. The number of para-hydroxylation sites is 1. The van der Waals surface area contributed by atoms with Crippen LogP contribution in [0.25, 0.3) is 10.9 Å². The van der Waals surface area contributed by atoms with Gasteiger partial charge < -0.3 is 19.5 Å². The second-order valence-corrected chi connectivity index (χ2v) is 7.21. The van der Waals surface area contributed by atoms with Gasteiger partial charge in [-0.25, -0.2) is 9.59 Å². The van der Waals surface area contributed by atoms with Crippen LogP contribution in [0.3, 0.4) is 0 Å². The van der Waals surface area contributed by atoms with E-state index in [2.05, 4.69) is 30.3 Å². The minimum absolute atomic E-state index is 0.00790. The second-order valence-electron chi connectivity index (χ2n) is 7.21. The van der Waals surface area contributed by atoms with E-state index < -0.39 is 18.6 Å². The fourth-order valence-corrected chi connectivity index (χ4v) is 3.28. The summed E-state index contributed by atoms with van der Waals surface area (Å²) in [7, 11) is 1.27. The molecule has 0 fully saturated rings. The highest BCUT2D eigenvalue weighted by atomic mass is 19.3. The van der Waals surface area contributed by atoms with Crippen LogP contribution in [0.1, 0.15) is 15.9 Å². The molecule has 2 amide bonds. The number of urea groups is 1. The fourth-order valence-electron chi connectivity index (χ4n) is 3.28. The van der Waals surface area contributed by atoms with Gasteiger partial charge in [-0.2, -0.15) is 13.9 Å². The molecule has 0 atom stereocenters. The molecule has 3 N–H and O–H groups in total. The minimum atomic E-state index is -2.94. The van der Waals surface area contributed by atoms with E-state index in [0.717, 1.165) is 0 Å². The Hall–Kier alpha value is -4.67. The molecule has 9 nitrogen and oxygen atoms in total. The van der Waals surface area contributed by atoms with Crippen molar-refractivity contribution < 1.29 is 32.6 Å². The molecule has 0 bridgehead atoms. The number of esters is 1. The molecule has 11 heteroatoms. The lowest BCUT2D eigenvalue weighted by atomic mass is 10.2. The number of carbonyl (C=O) groups excluding carboxylic acids is 2. The molecular formula is C24H20F2N4O5. The number of ether oxygens (including phenoxy) is 3. The van der Waals surface area contributed by atoms with Gasteiger partial charge in [0.2, 0.25) is 0 Å². The van der Waals surface area contributed by atoms with E-state index in [0.29, 0.717) is 27.9 Å². The zero-order chi connectivity index (χ0) is 24.8. The van der Waals surface area contributed by atoms with Crippen molar-refractivity contribution in [2.24, 2.45) is 0 Å². The molecule has 35 heavy (non-hydrogen) atoms. The predicted octanol–water partition coefficient (Wildman–Crippen LogP) is 5.17. The number of carbonyl (C=O) groups is 2. The molecule has 0 spiro atoms. The standard InChI is InChI=1S/C24H20F2N4O5/c1-33-22(31)14-6-4-7-16(11-14)27-24(32)28-21-18-12-17(9-10-19(18)29-30-21)34-13-15-5-2-3-8-20(15)35-23(25)26/h2-12,23H,13H2,1H3,(H3,27,28,29,30,32). The van der Waals surface area contributed by atoms with Crippen molar-refractivity contribution in [3.05, 3.63) is 77.9 Å². The molecule has 4 aromatic rings. The Morgan fingerprint density at radius 2 is 1.86 bits per heavy atom. The number of hydrogen-bond donors (Lipinski definition) is 3. The number of fused-ring (bicyclic) bond motifs is 1. The van der Waals surface area contributed by atoms with Crippen molar-refractivity contribution >= 4 is 34.4 Å². The molecule has 1 aromatic heterocycles. The molecule has 0 radical (unpaired) electrons. The number of nitrogens with zero attached hydrogens (tertiary/aromatic N) is 1. The van der Waals surface area contributed by atoms with Crippen LogP contribution in [-0.4, -0.2) is 35.9 Å². The third-order valence-corrected chi connectivity index (χ3v) is 4.89. The van der Waals surface area contributed by atoms with Crippen molar-refractivity contribution in [3.8, 4) is 11.5 Å². The van der Waals surface area contributed by atoms with E-state index >= 15 is 0 Å². The summed E-state index contributed by atoms with van der Waals surface area (Å²) in [6.07, 6.45) is 0. The van der Waals surface area contributed by atoms with E-state index in [-0.39, 0.29) is 23.7 Å². The van der Waals surface area contributed by atoms with E-state index in [1.807, 2.05) is 0 Å². The smallest absolute Gasteiger partial charge is 0.387 e. The summed E-state index contributed by atoms with van der Waals surface area (Å²) in [4.78, 5) is 24.2. The van der Waals surface area contributed by atoms with Gasteiger partial charge >= 0.3 is 18.6 Å². The van der Waals surface area contributed by atoms with Crippen molar-refractivity contribution in [1.82, 2.24) is 10.2 Å². The van der Waals surface area contributed by atoms with E-state index in [1.54, 1.807) is 54.6 Å². The van der Waals surface area contributed by atoms with Gasteiger partial charge in [0, 0.05) is 16.6 Å². The van der Waals surface area contributed by atoms with Crippen molar-refractivity contribution in [3.63, 3.8) is 0 Å². The van der Waals surface area contributed by atoms with Crippen molar-refractivity contribution in [2.45, 2.75) is 13.2 Å². The molecule has 4 rings (SSSR count). The summed E-state index contributed by atoms with van der Waals surface area (Å²) < 4.78 is 40.2. The molecular weight excluding hydrogens is 462 g/mol. The molecule has 0 aliphatic heterocycles. The molecule has 180 valence electrons. The van der Waals surface area contributed by atoms with Gasteiger partial charge in [-0.1, -0.05) is 24.3 Å². The highest BCUT2D eigenvalue weighted by molar-refractivity contribution is 6.05. The van der Waals surface area contributed by atoms with Crippen LogP contribution >= 0.6 is 0 Å². The van der Waals surface area contributed by atoms with E-state index in [1.165, 1.54) is 19.2 Å². The third-order valence-electron chi connectivity index (χ3n) is 4.89. The van der Waals surface area contributed by atoms with Crippen molar-refractivity contribution in [1.29, 1.82) is 0 Å². The summed E-state index contributed by atoms with van der Waals surface area (Å²) in [5, 5.41) is 12.8. The van der Waals surface area contributed by atoms with Crippen LogP contribution in [0.5, 0.6) is 11.5 Å². The number of anilines is 2. The van der Waals surface area contributed by atoms with E-state index in [9.17, 15) is 18.4 Å².